The molecule has 1 heterocycles. The zero-order chi connectivity index (χ0) is 23.9. The van der Waals surface area contributed by atoms with Crippen molar-refractivity contribution >= 4 is 11.6 Å². The van der Waals surface area contributed by atoms with Gasteiger partial charge in [0, 0.05) is 17.7 Å². The van der Waals surface area contributed by atoms with Crippen LogP contribution in [0, 0.1) is 5.82 Å². The monoisotopic (exact) mass is 459 g/mol. The van der Waals surface area contributed by atoms with Gasteiger partial charge in [-0.15, -0.1) is 0 Å². The van der Waals surface area contributed by atoms with Gasteiger partial charge < -0.3 is 14.8 Å². The predicted molar refractivity (Wildman–Crippen MR) is 129 cm³/mol. The molecule has 34 heavy (non-hydrogen) atoms. The number of rotatable bonds is 9. The largest absolute Gasteiger partial charge is 0.497 e. The number of hydrogen-bond donors (Lipinski definition) is 1. The van der Waals surface area contributed by atoms with Crippen molar-refractivity contribution < 1.29 is 18.7 Å². The Hall–Kier alpha value is -4.13. The van der Waals surface area contributed by atoms with Crippen molar-refractivity contribution in [3.63, 3.8) is 0 Å². The molecule has 0 spiro atoms. The highest BCUT2D eigenvalue weighted by Gasteiger charge is 2.21. The second-order valence-corrected chi connectivity index (χ2v) is 7.66. The van der Waals surface area contributed by atoms with E-state index in [2.05, 4.69) is 5.32 Å². The van der Waals surface area contributed by atoms with E-state index in [9.17, 15) is 9.18 Å². The van der Waals surface area contributed by atoms with Crippen LogP contribution in [0.2, 0.25) is 0 Å². The third kappa shape index (κ3) is 5.43. The maximum atomic E-state index is 13.1. The lowest BCUT2D eigenvalue weighted by molar-refractivity contribution is -0.116. The number of halogens is 1. The number of nitrogens with one attached hydrogen (secondary N) is 1. The second-order valence-electron chi connectivity index (χ2n) is 7.66. The Morgan fingerprint density at radius 1 is 0.971 bits per heavy atom. The zero-order valence-electron chi connectivity index (χ0n) is 19.1. The van der Waals surface area contributed by atoms with Gasteiger partial charge in [0.1, 0.15) is 17.3 Å². The molecule has 0 fully saturated rings. The van der Waals surface area contributed by atoms with Crippen LogP contribution in [0.25, 0.3) is 5.69 Å². The van der Waals surface area contributed by atoms with E-state index in [0.29, 0.717) is 30.2 Å². The molecular formula is C27H26FN3O3. The van der Waals surface area contributed by atoms with Gasteiger partial charge in [0.05, 0.1) is 18.5 Å². The fraction of sp³-hybridized carbons (Fsp3) is 0.185. The SMILES string of the molecule is CCc1nn(-c2ccc(OC)cc2)c(Oc2ccccc2)c1CCC(=O)Nc1ccc(F)cc1. The minimum Gasteiger partial charge on any atom is -0.497 e. The number of carbonyl (C=O) groups is 1. The van der Waals surface area contributed by atoms with E-state index in [1.807, 2.05) is 61.5 Å². The van der Waals surface area contributed by atoms with Crippen molar-refractivity contribution in [3.8, 4) is 23.1 Å². The van der Waals surface area contributed by atoms with E-state index in [-0.39, 0.29) is 18.1 Å². The highest BCUT2D eigenvalue weighted by molar-refractivity contribution is 5.90. The van der Waals surface area contributed by atoms with E-state index in [0.717, 1.165) is 22.7 Å². The van der Waals surface area contributed by atoms with Gasteiger partial charge in [0.15, 0.2) is 0 Å². The number of para-hydroxylation sites is 1. The molecule has 0 bridgehead atoms. The smallest absolute Gasteiger partial charge is 0.226 e. The third-order valence-electron chi connectivity index (χ3n) is 5.36. The first-order chi connectivity index (χ1) is 16.6. The van der Waals surface area contributed by atoms with Crippen LogP contribution >= 0.6 is 0 Å². The summed E-state index contributed by atoms with van der Waals surface area (Å²) in [5.41, 5.74) is 3.10. The normalized spacial score (nSPS) is 10.7. The first-order valence-electron chi connectivity index (χ1n) is 11.1. The second kappa shape index (κ2) is 10.7. The number of aryl methyl sites for hydroxylation is 1. The lowest BCUT2D eigenvalue weighted by Gasteiger charge is -2.12. The zero-order valence-corrected chi connectivity index (χ0v) is 19.1. The lowest BCUT2D eigenvalue weighted by Crippen LogP contribution is -2.12. The number of methoxy groups -OCH3 is 1. The van der Waals surface area contributed by atoms with Crippen molar-refractivity contribution in [2.75, 3.05) is 12.4 Å². The fourth-order valence-corrected chi connectivity index (χ4v) is 3.61. The molecule has 1 amide bonds. The van der Waals surface area contributed by atoms with Crippen molar-refractivity contribution in [1.29, 1.82) is 0 Å². The summed E-state index contributed by atoms with van der Waals surface area (Å²) in [7, 11) is 1.62. The van der Waals surface area contributed by atoms with Gasteiger partial charge in [-0.2, -0.15) is 5.10 Å². The molecule has 0 aliphatic carbocycles. The number of carbonyl (C=O) groups excluding carboxylic acids is 1. The fourth-order valence-electron chi connectivity index (χ4n) is 3.61. The van der Waals surface area contributed by atoms with E-state index in [1.54, 1.807) is 11.8 Å². The number of anilines is 1. The van der Waals surface area contributed by atoms with Crippen LogP contribution in [-0.2, 0) is 17.6 Å². The minimum absolute atomic E-state index is 0.170. The van der Waals surface area contributed by atoms with Crippen molar-refractivity contribution in [2.45, 2.75) is 26.2 Å². The third-order valence-corrected chi connectivity index (χ3v) is 5.36. The molecule has 7 heteroatoms. The molecule has 4 aromatic rings. The molecule has 4 rings (SSSR count). The standard InChI is InChI=1S/C27H26FN3O3/c1-3-25-24(17-18-26(32)29-20-11-9-19(28)10-12-20)27(34-23-7-5-4-6-8-23)31(30-25)21-13-15-22(33-2)16-14-21/h4-16H,3,17-18H2,1-2H3,(H,29,32). The van der Waals surface area contributed by atoms with Crippen LogP contribution in [0.4, 0.5) is 10.1 Å². The summed E-state index contributed by atoms with van der Waals surface area (Å²) in [6.45, 7) is 2.02. The van der Waals surface area contributed by atoms with Crippen molar-refractivity contribution in [2.24, 2.45) is 0 Å². The molecule has 0 aliphatic rings. The maximum Gasteiger partial charge on any atom is 0.226 e. The molecule has 1 aromatic heterocycles. The molecule has 1 N–H and O–H groups in total. The van der Waals surface area contributed by atoms with E-state index in [4.69, 9.17) is 14.6 Å². The van der Waals surface area contributed by atoms with Gasteiger partial charge in [0.25, 0.3) is 0 Å². The van der Waals surface area contributed by atoms with E-state index >= 15 is 0 Å². The Kier molecular flexibility index (Phi) is 7.22. The lowest BCUT2D eigenvalue weighted by atomic mass is 10.1. The number of nitrogens with zero attached hydrogens (tertiary/aromatic N) is 2. The molecule has 0 radical (unpaired) electrons. The Balaban J connectivity index is 1.63. The molecule has 0 aliphatic heterocycles. The van der Waals surface area contributed by atoms with Gasteiger partial charge in [0.2, 0.25) is 11.8 Å². The predicted octanol–water partition coefficient (Wildman–Crippen LogP) is 5.95. The van der Waals surface area contributed by atoms with E-state index < -0.39 is 0 Å². The van der Waals surface area contributed by atoms with E-state index in [1.165, 1.54) is 24.3 Å². The highest BCUT2D eigenvalue weighted by Crippen LogP contribution is 2.32. The van der Waals surface area contributed by atoms with Crippen molar-refractivity contribution in [3.05, 3.63) is 95.9 Å². The summed E-state index contributed by atoms with van der Waals surface area (Å²) >= 11 is 0. The maximum absolute atomic E-state index is 13.1. The van der Waals surface area contributed by atoms with Crippen LogP contribution in [0.3, 0.4) is 0 Å². The van der Waals surface area contributed by atoms with Crippen LogP contribution < -0.4 is 14.8 Å². The Labute approximate surface area is 198 Å². The topological polar surface area (TPSA) is 65.4 Å². The Bertz CT molecular complexity index is 1240. The quantitative estimate of drug-likeness (QED) is 0.336. The molecule has 174 valence electrons. The van der Waals surface area contributed by atoms with Crippen LogP contribution in [0.5, 0.6) is 17.4 Å². The summed E-state index contributed by atoms with van der Waals surface area (Å²) in [4.78, 5) is 12.6. The summed E-state index contributed by atoms with van der Waals surface area (Å²) in [6.07, 6.45) is 1.35. The van der Waals surface area contributed by atoms with Crippen LogP contribution in [-0.4, -0.2) is 22.8 Å². The molecular weight excluding hydrogens is 433 g/mol. The Morgan fingerprint density at radius 2 is 1.68 bits per heavy atom. The van der Waals surface area contributed by atoms with Crippen molar-refractivity contribution in [1.82, 2.24) is 9.78 Å². The van der Waals surface area contributed by atoms with Crippen LogP contribution in [0.1, 0.15) is 24.6 Å². The average Bonchev–Trinajstić information content (AvgIpc) is 3.22. The van der Waals surface area contributed by atoms with Gasteiger partial charge >= 0.3 is 0 Å². The molecule has 0 saturated carbocycles. The number of hydrogen-bond acceptors (Lipinski definition) is 4. The molecule has 0 unspecified atom stereocenters. The number of ether oxygens (including phenoxy) is 2. The minimum atomic E-state index is -0.348. The number of aromatic nitrogens is 2. The van der Waals surface area contributed by atoms with Gasteiger partial charge in [-0.3, -0.25) is 4.79 Å². The van der Waals surface area contributed by atoms with Gasteiger partial charge in [-0.1, -0.05) is 25.1 Å². The molecule has 6 nitrogen and oxygen atoms in total. The van der Waals surface area contributed by atoms with Crippen LogP contribution in [0.15, 0.2) is 78.9 Å². The Morgan fingerprint density at radius 3 is 2.32 bits per heavy atom. The first kappa shape index (κ1) is 23.0. The van der Waals surface area contributed by atoms with Gasteiger partial charge in [-0.25, -0.2) is 9.07 Å². The molecule has 0 saturated heterocycles. The van der Waals surface area contributed by atoms with Gasteiger partial charge in [-0.05, 0) is 73.5 Å². The average molecular weight is 460 g/mol. The molecule has 0 atom stereocenters. The molecule has 3 aromatic carbocycles. The number of benzene rings is 3. The number of amides is 1. The summed E-state index contributed by atoms with van der Waals surface area (Å²) in [6, 6.07) is 22.7. The summed E-state index contributed by atoms with van der Waals surface area (Å²) < 4.78 is 26.5. The summed E-state index contributed by atoms with van der Waals surface area (Å²) in [5.74, 6) is 1.48. The highest BCUT2D eigenvalue weighted by atomic mass is 19.1. The summed E-state index contributed by atoms with van der Waals surface area (Å²) in [5, 5.41) is 7.61. The first-order valence-corrected chi connectivity index (χ1v) is 11.1.